The number of benzene rings is 11. The predicted octanol–water partition coefficient (Wildman–Crippen LogP) is 18.4. The highest BCUT2D eigenvalue weighted by Crippen LogP contribution is 2.42. The van der Waals surface area contributed by atoms with Gasteiger partial charge in [0.2, 0.25) is 0 Å². The van der Waals surface area contributed by atoms with Gasteiger partial charge in [-0.1, -0.05) is 170 Å². The number of anilines is 3. The van der Waals surface area contributed by atoms with E-state index in [-0.39, 0.29) is 0 Å². The van der Waals surface area contributed by atoms with Crippen molar-refractivity contribution in [3.05, 3.63) is 255 Å². The number of thiophene rings is 1. The van der Waals surface area contributed by atoms with Crippen LogP contribution in [0, 0.1) is 0 Å². The second kappa shape index (κ2) is 16.2. The van der Waals surface area contributed by atoms with Gasteiger partial charge in [0.05, 0.1) is 16.7 Å². The van der Waals surface area contributed by atoms with Crippen molar-refractivity contribution in [1.29, 1.82) is 0 Å². The predicted molar refractivity (Wildman–Crippen MR) is 288 cm³/mol. The van der Waals surface area contributed by atoms with Crippen molar-refractivity contribution < 1.29 is 0 Å². The molecule has 0 atom stereocenters. The van der Waals surface area contributed by atoms with Crippen LogP contribution < -0.4 is 4.90 Å². The Hall–Kier alpha value is -8.50. The van der Waals surface area contributed by atoms with Crippen LogP contribution in [0.25, 0.3) is 103 Å². The molecule has 0 fully saturated rings. The third-order valence-electron chi connectivity index (χ3n) is 13.4. The fraction of sp³-hybridized carbons (Fsp3) is 0. The summed E-state index contributed by atoms with van der Waals surface area (Å²) in [5, 5.41) is 7.65. The van der Waals surface area contributed by atoms with Crippen LogP contribution in [0.3, 0.4) is 0 Å². The quantitative estimate of drug-likeness (QED) is 0.148. The number of hydrogen-bond acceptors (Lipinski definition) is 2. The zero-order valence-electron chi connectivity index (χ0n) is 36.6. The van der Waals surface area contributed by atoms with E-state index in [2.05, 4.69) is 264 Å². The number of rotatable bonds is 8. The fourth-order valence-electron chi connectivity index (χ4n) is 10.1. The number of aromatic nitrogens is 1. The third kappa shape index (κ3) is 6.88. The summed E-state index contributed by atoms with van der Waals surface area (Å²) in [4.78, 5) is 2.37. The summed E-state index contributed by atoms with van der Waals surface area (Å²) in [6.45, 7) is 0. The minimum Gasteiger partial charge on any atom is -0.311 e. The van der Waals surface area contributed by atoms with E-state index in [1.165, 1.54) is 91.7 Å². The maximum Gasteiger partial charge on any atom is 0.0541 e. The van der Waals surface area contributed by atoms with E-state index in [1.54, 1.807) is 0 Å². The molecular formula is C64H42N2S. The standard InChI is InChI=1S/C64H42N2S/c1-2-13-47-41-50(25-24-43(47)12-1)49-15-11-14-48(40-49)44-26-33-52(34-27-44)65(53-35-28-45(29-36-53)51-32-39-64-59(42-51)58-19-6-10-23-63(58)67-64)54-37-30-46(31-38-54)55-16-3-7-20-60(55)66-61-21-8-4-17-56(61)57-18-5-9-22-62(57)66/h1-42H. The lowest BCUT2D eigenvalue weighted by Crippen LogP contribution is -2.09. The monoisotopic (exact) mass is 870 g/mol. The van der Waals surface area contributed by atoms with Crippen molar-refractivity contribution in [3.63, 3.8) is 0 Å². The number of nitrogens with zero attached hydrogens (tertiary/aromatic N) is 2. The van der Waals surface area contributed by atoms with Gasteiger partial charge in [-0.2, -0.15) is 0 Å². The summed E-state index contributed by atoms with van der Waals surface area (Å²) in [5.41, 5.74) is 16.4. The van der Waals surface area contributed by atoms with Crippen LogP contribution >= 0.6 is 11.3 Å². The van der Waals surface area contributed by atoms with Gasteiger partial charge in [-0.15, -0.1) is 11.3 Å². The third-order valence-corrected chi connectivity index (χ3v) is 14.6. The first-order chi connectivity index (χ1) is 33.2. The molecular weight excluding hydrogens is 829 g/mol. The summed E-state index contributed by atoms with van der Waals surface area (Å²) in [6.07, 6.45) is 0. The molecule has 0 aliphatic carbocycles. The van der Waals surface area contributed by atoms with Crippen LogP contribution in [0.5, 0.6) is 0 Å². The van der Waals surface area contributed by atoms with Crippen LogP contribution in [0.15, 0.2) is 255 Å². The van der Waals surface area contributed by atoms with Crippen molar-refractivity contribution in [1.82, 2.24) is 4.57 Å². The van der Waals surface area contributed by atoms with Crippen molar-refractivity contribution >= 4 is 81.1 Å². The highest BCUT2D eigenvalue weighted by Gasteiger charge is 2.18. The highest BCUT2D eigenvalue weighted by molar-refractivity contribution is 7.25. The average Bonchev–Trinajstić information content (AvgIpc) is 3.95. The van der Waals surface area contributed by atoms with Crippen molar-refractivity contribution in [2.24, 2.45) is 0 Å². The topological polar surface area (TPSA) is 8.17 Å². The molecule has 0 saturated heterocycles. The maximum absolute atomic E-state index is 2.42. The van der Waals surface area contributed by atoms with Gasteiger partial charge >= 0.3 is 0 Å². The van der Waals surface area contributed by atoms with Gasteiger partial charge in [-0.3, -0.25) is 0 Å². The van der Waals surface area contributed by atoms with Crippen molar-refractivity contribution in [2.45, 2.75) is 0 Å². The van der Waals surface area contributed by atoms with Gasteiger partial charge in [0.25, 0.3) is 0 Å². The molecule has 2 heterocycles. The molecule has 0 aliphatic heterocycles. The molecule has 314 valence electrons. The van der Waals surface area contributed by atoms with Gasteiger partial charge in [-0.25, -0.2) is 0 Å². The number of fused-ring (bicyclic) bond motifs is 7. The van der Waals surface area contributed by atoms with Crippen LogP contribution in [0.2, 0.25) is 0 Å². The van der Waals surface area contributed by atoms with Gasteiger partial charge in [-0.05, 0) is 135 Å². The number of para-hydroxylation sites is 3. The van der Waals surface area contributed by atoms with E-state index in [4.69, 9.17) is 0 Å². The Kier molecular flexibility index (Phi) is 9.40. The minimum absolute atomic E-state index is 1.09. The molecule has 0 saturated carbocycles. The van der Waals surface area contributed by atoms with Crippen LogP contribution in [0.1, 0.15) is 0 Å². The fourth-order valence-corrected chi connectivity index (χ4v) is 11.2. The molecule has 0 amide bonds. The second-order valence-corrected chi connectivity index (χ2v) is 18.4. The van der Waals surface area contributed by atoms with E-state index in [0.717, 1.165) is 28.3 Å². The molecule has 67 heavy (non-hydrogen) atoms. The summed E-state index contributed by atoms with van der Waals surface area (Å²) < 4.78 is 5.06. The van der Waals surface area contributed by atoms with Crippen molar-refractivity contribution in [2.75, 3.05) is 4.90 Å². The summed E-state index contributed by atoms with van der Waals surface area (Å²) in [7, 11) is 0. The van der Waals surface area contributed by atoms with Crippen LogP contribution in [-0.4, -0.2) is 4.57 Å². The van der Waals surface area contributed by atoms with Crippen molar-refractivity contribution in [3.8, 4) is 50.2 Å². The first-order valence-electron chi connectivity index (χ1n) is 22.9. The first kappa shape index (κ1) is 38.9. The van der Waals surface area contributed by atoms with E-state index < -0.39 is 0 Å². The molecule has 3 heteroatoms. The Bertz CT molecular complexity index is 3920. The lowest BCUT2D eigenvalue weighted by molar-refractivity contribution is 1.18. The lowest BCUT2D eigenvalue weighted by atomic mass is 9.97. The molecule has 0 spiro atoms. The Balaban J connectivity index is 0.881. The summed E-state index contributed by atoms with van der Waals surface area (Å²) >= 11 is 1.86. The molecule has 11 aromatic carbocycles. The van der Waals surface area contributed by atoms with Gasteiger partial charge < -0.3 is 9.47 Å². The molecule has 0 unspecified atom stereocenters. The lowest BCUT2D eigenvalue weighted by Gasteiger charge is -2.26. The Morgan fingerprint density at radius 1 is 0.284 bits per heavy atom. The molecule has 0 aliphatic rings. The largest absolute Gasteiger partial charge is 0.311 e. The van der Waals surface area contributed by atoms with Gasteiger partial charge in [0, 0.05) is 53.6 Å². The van der Waals surface area contributed by atoms with E-state index in [1.807, 2.05) is 11.3 Å². The van der Waals surface area contributed by atoms with E-state index >= 15 is 0 Å². The SMILES string of the molecule is c1cc(-c2ccc(N(c3ccc(-c4ccc5sc6ccccc6c5c4)cc3)c3ccc(-c4ccccc4-n4c5ccccc5c5ccccc54)cc3)cc2)cc(-c2ccc3ccccc3c2)c1. The Morgan fingerprint density at radius 3 is 1.45 bits per heavy atom. The van der Waals surface area contributed by atoms with E-state index in [0.29, 0.717) is 0 Å². The second-order valence-electron chi connectivity index (χ2n) is 17.3. The smallest absolute Gasteiger partial charge is 0.0541 e. The molecule has 2 aromatic heterocycles. The summed E-state index contributed by atoms with van der Waals surface area (Å²) in [5.74, 6) is 0. The van der Waals surface area contributed by atoms with E-state index in [9.17, 15) is 0 Å². The Morgan fingerprint density at radius 2 is 0.761 bits per heavy atom. The molecule has 0 N–H and O–H groups in total. The minimum atomic E-state index is 1.09. The zero-order chi connectivity index (χ0) is 44.3. The normalized spacial score (nSPS) is 11.6. The first-order valence-corrected chi connectivity index (χ1v) is 23.7. The van der Waals surface area contributed by atoms with Gasteiger partial charge in [0.15, 0.2) is 0 Å². The molecule has 0 radical (unpaired) electrons. The molecule has 13 aromatic rings. The molecule has 2 nitrogen and oxygen atoms in total. The van der Waals surface area contributed by atoms with Gasteiger partial charge in [0.1, 0.15) is 0 Å². The van der Waals surface area contributed by atoms with Crippen LogP contribution in [-0.2, 0) is 0 Å². The molecule has 0 bridgehead atoms. The summed E-state index contributed by atoms with van der Waals surface area (Å²) in [6, 6.07) is 93.2. The van der Waals surface area contributed by atoms with Crippen LogP contribution in [0.4, 0.5) is 17.1 Å². The number of hydrogen-bond donors (Lipinski definition) is 0. The maximum atomic E-state index is 2.42. The average molecular weight is 871 g/mol. The molecule has 13 rings (SSSR count). The zero-order valence-corrected chi connectivity index (χ0v) is 37.4. The Labute approximate surface area is 393 Å². The highest BCUT2D eigenvalue weighted by atomic mass is 32.1.